The second-order valence-corrected chi connectivity index (χ2v) is 4.80. The Morgan fingerprint density at radius 2 is 2.31 bits per heavy atom. The molecule has 0 aromatic heterocycles. The van der Waals surface area contributed by atoms with Crippen molar-refractivity contribution in [3.05, 3.63) is 27.7 Å². The van der Waals surface area contributed by atoms with E-state index in [1.807, 2.05) is 6.92 Å². The van der Waals surface area contributed by atoms with Crippen LogP contribution in [0.25, 0.3) is 0 Å². The van der Waals surface area contributed by atoms with Gasteiger partial charge < -0.3 is 11.1 Å². The van der Waals surface area contributed by atoms with Crippen LogP contribution in [0.5, 0.6) is 0 Å². The Morgan fingerprint density at radius 1 is 1.62 bits per heavy atom. The van der Waals surface area contributed by atoms with Gasteiger partial charge in [0.2, 0.25) is 5.91 Å². The maximum absolute atomic E-state index is 11.7. The Labute approximate surface area is 108 Å². The lowest BCUT2D eigenvalue weighted by Crippen LogP contribution is -2.35. The molecule has 0 bridgehead atoms. The van der Waals surface area contributed by atoms with Crippen LogP contribution in [0.3, 0.4) is 0 Å². The minimum Gasteiger partial charge on any atom is -0.324 e. The summed E-state index contributed by atoms with van der Waals surface area (Å²) >= 11 is 9.17. The third kappa shape index (κ3) is 3.77. The molecular weight excluding hydrogens is 291 g/mol. The van der Waals surface area contributed by atoms with Gasteiger partial charge in [-0.15, -0.1) is 0 Å². The fraction of sp³-hybridized carbons (Fsp3) is 0.364. The molecule has 0 aliphatic rings. The molecule has 0 heterocycles. The zero-order valence-electron chi connectivity index (χ0n) is 8.97. The summed E-state index contributed by atoms with van der Waals surface area (Å²) in [5.74, 6) is -0.190. The smallest absolute Gasteiger partial charge is 0.241 e. The van der Waals surface area contributed by atoms with Crippen molar-refractivity contribution >= 4 is 39.1 Å². The Morgan fingerprint density at radius 3 is 2.94 bits per heavy atom. The minimum absolute atomic E-state index is 0.190. The van der Waals surface area contributed by atoms with Crippen molar-refractivity contribution in [2.75, 3.05) is 5.32 Å². The summed E-state index contributed by atoms with van der Waals surface area (Å²) in [6.45, 7) is 1.99. The highest BCUT2D eigenvalue weighted by Gasteiger charge is 2.13. The molecule has 5 heteroatoms. The highest BCUT2D eigenvalue weighted by molar-refractivity contribution is 9.10. The molecule has 16 heavy (non-hydrogen) atoms. The SMILES string of the molecule is CCC[C@H](N)C(=O)Nc1cc(Cl)ccc1Br. The van der Waals surface area contributed by atoms with E-state index in [1.54, 1.807) is 18.2 Å². The van der Waals surface area contributed by atoms with Gasteiger partial charge in [0.1, 0.15) is 0 Å². The molecule has 1 rings (SSSR count). The molecule has 0 unspecified atom stereocenters. The Balaban J connectivity index is 2.72. The predicted octanol–water partition coefficient (Wildman–Crippen LogP) is 3.17. The molecule has 1 aromatic rings. The molecule has 1 amide bonds. The van der Waals surface area contributed by atoms with Crippen LogP contribution in [0.4, 0.5) is 5.69 Å². The zero-order chi connectivity index (χ0) is 12.1. The lowest BCUT2D eigenvalue weighted by Gasteiger charge is -2.12. The normalized spacial score (nSPS) is 12.2. The van der Waals surface area contributed by atoms with Gasteiger partial charge in [-0.05, 0) is 40.5 Å². The Bertz CT molecular complexity index is 384. The molecule has 1 aromatic carbocycles. The van der Waals surface area contributed by atoms with Gasteiger partial charge in [0.15, 0.2) is 0 Å². The molecule has 0 aliphatic carbocycles. The lowest BCUT2D eigenvalue weighted by molar-refractivity contribution is -0.117. The van der Waals surface area contributed by atoms with E-state index < -0.39 is 6.04 Å². The second kappa shape index (κ2) is 6.23. The number of rotatable bonds is 4. The Kier molecular flexibility index (Phi) is 5.25. The summed E-state index contributed by atoms with van der Waals surface area (Å²) in [5.41, 5.74) is 6.35. The topological polar surface area (TPSA) is 55.1 Å². The van der Waals surface area contributed by atoms with Gasteiger partial charge in [-0.25, -0.2) is 0 Å². The summed E-state index contributed by atoms with van der Waals surface area (Å²) in [5, 5.41) is 3.31. The minimum atomic E-state index is -0.476. The molecule has 0 radical (unpaired) electrons. The van der Waals surface area contributed by atoms with Gasteiger partial charge in [-0.3, -0.25) is 4.79 Å². The number of amides is 1. The first-order valence-electron chi connectivity index (χ1n) is 5.06. The number of benzene rings is 1. The quantitative estimate of drug-likeness (QED) is 0.897. The van der Waals surface area contributed by atoms with Crippen LogP contribution in [0.15, 0.2) is 22.7 Å². The van der Waals surface area contributed by atoms with Crippen molar-refractivity contribution in [1.29, 1.82) is 0 Å². The molecule has 0 fully saturated rings. The largest absolute Gasteiger partial charge is 0.324 e. The van der Waals surface area contributed by atoms with E-state index in [2.05, 4.69) is 21.2 Å². The van der Waals surface area contributed by atoms with E-state index in [4.69, 9.17) is 17.3 Å². The highest BCUT2D eigenvalue weighted by Crippen LogP contribution is 2.25. The fourth-order valence-corrected chi connectivity index (χ4v) is 1.78. The summed E-state index contributed by atoms with van der Waals surface area (Å²) in [6.07, 6.45) is 1.55. The summed E-state index contributed by atoms with van der Waals surface area (Å²) in [6, 6.07) is 4.73. The Hall–Kier alpha value is -0.580. The first-order chi connectivity index (χ1) is 7.54. The van der Waals surface area contributed by atoms with Gasteiger partial charge in [-0.2, -0.15) is 0 Å². The predicted molar refractivity (Wildman–Crippen MR) is 70.7 cm³/mol. The molecular formula is C11H14BrClN2O. The van der Waals surface area contributed by atoms with Gasteiger partial charge in [0.25, 0.3) is 0 Å². The molecule has 0 saturated carbocycles. The molecule has 3 nitrogen and oxygen atoms in total. The monoisotopic (exact) mass is 304 g/mol. The summed E-state index contributed by atoms with van der Waals surface area (Å²) in [7, 11) is 0. The standard InChI is InChI=1S/C11H14BrClN2O/c1-2-3-9(14)11(16)15-10-6-7(13)4-5-8(10)12/h4-6,9H,2-3,14H2,1H3,(H,15,16)/t9-/m0/s1. The van der Waals surface area contributed by atoms with Crippen molar-refractivity contribution < 1.29 is 4.79 Å². The third-order valence-electron chi connectivity index (χ3n) is 2.12. The fourth-order valence-electron chi connectivity index (χ4n) is 1.26. The number of nitrogens with two attached hydrogens (primary N) is 1. The van der Waals surface area contributed by atoms with Gasteiger partial charge >= 0.3 is 0 Å². The molecule has 1 atom stereocenters. The first-order valence-corrected chi connectivity index (χ1v) is 6.23. The van der Waals surface area contributed by atoms with Crippen molar-refractivity contribution in [3.8, 4) is 0 Å². The lowest BCUT2D eigenvalue weighted by atomic mass is 10.1. The van der Waals surface area contributed by atoms with Crippen LogP contribution >= 0.6 is 27.5 Å². The van der Waals surface area contributed by atoms with Gasteiger partial charge in [0.05, 0.1) is 11.7 Å². The second-order valence-electron chi connectivity index (χ2n) is 3.51. The maximum Gasteiger partial charge on any atom is 0.241 e. The first kappa shape index (κ1) is 13.5. The molecule has 0 aliphatic heterocycles. The average Bonchev–Trinajstić information content (AvgIpc) is 2.23. The van der Waals surface area contributed by atoms with Gasteiger partial charge in [0, 0.05) is 9.50 Å². The number of anilines is 1. The van der Waals surface area contributed by atoms with Crippen LogP contribution in [0.1, 0.15) is 19.8 Å². The number of nitrogens with one attached hydrogen (secondary N) is 1. The number of carbonyl (C=O) groups is 1. The van der Waals surface area contributed by atoms with E-state index in [9.17, 15) is 4.79 Å². The van der Waals surface area contributed by atoms with Crippen molar-refractivity contribution in [2.45, 2.75) is 25.8 Å². The van der Waals surface area contributed by atoms with E-state index >= 15 is 0 Å². The molecule has 88 valence electrons. The zero-order valence-corrected chi connectivity index (χ0v) is 11.3. The molecule has 0 spiro atoms. The average molecular weight is 306 g/mol. The summed E-state index contributed by atoms with van der Waals surface area (Å²) < 4.78 is 0.786. The van der Waals surface area contributed by atoms with Gasteiger partial charge in [-0.1, -0.05) is 24.9 Å². The van der Waals surface area contributed by atoms with Crippen LogP contribution < -0.4 is 11.1 Å². The van der Waals surface area contributed by atoms with Crippen molar-refractivity contribution in [1.82, 2.24) is 0 Å². The number of hydrogen-bond acceptors (Lipinski definition) is 2. The van der Waals surface area contributed by atoms with Crippen LogP contribution in [-0.2, 0) is 4.79 Å². The van der Waals surface area contributed by atoms with E-state index in [1.165, 1.54) is 0 Å². The molecule has 3 N–H and O–H groups in total. The van der Waals surface area contributed by atoms with Crippen LogP contribution in [0.2, 0.25) is 5.02 Å². The van der Waals surface area contributed by atoms with E-state index in [0.717, 1.165) is 10.9 Å². The number of halogens is 2. The maximum atomic E-state index is 11.7. The van der Waals surface area contributed by atoms with E-state index in [-0.39, 0.29) is 5.91 Å². The highest BCUT2D eigenvalue weighted by atomic mass is 79.9. The van der Waals surface area contributed by atoms with Crippen molar-refractivity contribution in [2.24, 2.45) is 5.73 Å². The van der Waals surface area contributed by atoms with Crippen molar-refractivity contribution in [3.63, 3.8) is 0 Å². The molecule has 0 saturated heterocycles. The number of carbonyl (C=O) groups excluding carboxylic acids is 1. The van der Waals surface area contributed by atoms with E-state index in [0.29, 0.717) is 17.1 Å². The third-order valence-corrected chi connectivity index (χ3v) is 3.05. The van der Waals surface area contributed by atoms with Crippen LogP contribution in [-0.4, -0.2) is 11.9 Å². The van der Waals surface area contributed by atoms with Crippen LogP contribution in [0, 0.1) is 0 Å². The number of hydrogen-bond donors (Lipinski definition) is 2. The summed E-state index contributed by atoms with van der Waals surface area (Å²) in [4.78, 5) is 11.7.